The molecule has 2 heterocycles. The van der Waals surface area contributed by atoms with Crippen molar-refractivity contribution in [1.82, 2.24) is 4.57 Å². The molecular formula is C36H21NO. The van der Waals surface area contributed by atoms with Crippen LogP contribution in [0.2, 0.25) is 0 Å². The van der Waals surface area contributed by atoms with Gasteiger partial charge in [-0.05, 0) is 62.6 Å². The standard InChI is InChI=1S/C36H21NO/c1-2-11-25-23(9-1)24-10-3-4-12-26(24)32-21-22(17-18-27(25)32)37-33-15-7-5-13-28(33)30-19-20-31-29-14-6-8-16-34(29)38-36(31)35(30)37/h1-21H. The van der Waals surface area contributed by atoms with Crippen LogP contribution >= 0.6 is 0 Å². The maximum Gasteiger partial charge on any atom is 0.160 e. The summed E-state index contributed by atoms with van der Waals surface area (Å²) in [6, 6.07) is 45.9. The quantitative estimate of drug-likeness (QED) is 0.212. The van der Waals surface area contributed by atoms with Gasteiger partial charge in [-0.25, -0.2) is 0 Å². The highest BCUT2D eigenvalue weighted by Gasteiger charge is 2.19. The molecule has 2 nitrogen and oxygen atoms in total. The second-order valence-corrected chi connectivity index (χ2v) is 10.1. The molecule has 0 bridgehead atoms. The Labute approximate surface area is 217 Å². The average Bonchev–Trinajstić information content (AvgIpc) is 3.53. The minimum Gasteiger partial charge on any atom is -0.454 e. The number of nitrogens with zero attached hydrogens (tertiary/aromatic N) is 1. The summed E-state index contributed by atoms with van der Waals surface area (Å²) in [6.07, 6.45) is 0. The van der Waals surface area contributed by atoms with Gasteiger partial charge in [-0.15, -0.1) is 0 Å². The third-order valence-corrected chi connectivity index (χ3v) is 8.17. The molecule has 38 heavy (non-hydrogen) atoms. The molecule has 0 saturated carbocycles. The number of fused-ring (bicyclic) bond motifs is 13. The van der Waals surface area contributed by atoms with Crippen LogP contribution in [0.15, 0.2) is 132 Å². The SMILES string of the molecule is c1ccc2c(c1)oc1c2ccc2c3ccccc3n(-c3ccc4c5ccccc5c5ccccc5c4c3)c21. The Balaban J connectivity index is 1.48. The van der Waals surface area contributed by atoms with Gasteiger partial charge < -0.3 is 8.98 Å². The number of hydrogen-bond donors (Lipinski definition) is 0. The number of hydrogen-bond acceptors (Lipinski definition) is 1. The van der Waals surface area contributed by atoms with E-state index in [9.17, 15) is 0 Å². The van der Waals surface area contributed by atoms with Crippen LogP contribution in [-0.2, 0) is 0 Å². The second kappa shape index (κ2) is 7.24. The van der Waals surface area contributed by atoms with Crippen LogP contribution in [0.3, 0.4) is 0 Å². The van der Waals surface area contributed by atoms with E-state index in [1.54, 1.807) is 0 Å². The first-order chi connectivity index (χ1) is 18.9. The van der Waals surface area contributed by atoms with E-state index < -0.39 is 0 Å². The molecule has 0 unspecified atom stereocenters. The monoisotopic (exact) mass is 483 g/mol. The van der Waals surface area contributed by atoms with E-state index in [0.29, 0.717) is 0 Å². The highest BCUT2D eigenvalue weighted by Crippen LogP contribution is 2.41. The molecule has 0 aliphatic heterocycles. The predicted molar refractivity (Wildman–Crippen MR) is 161 cm³/mol. The number of benzene rings is 7. The number of para-hydroxylation sites is 2. The summed E-state index contributed by atoms with van der Waals surface area (Å²) in [6.45, 7) is 0. The van der Waals surface area contributed by atoms with Crippen LogP contribution in [0.4, 0.5) is 0 Å². The lowest BCUT2D eigenvalue weighted by atomic mass is 9.94. The van der Waals surface area contributed by atoms with Crippen molar-refractivity contribution in [2.24, 2.45) is 0 Å². The maximum atomic E-state index is 6.55. The van der Waals surface area contributed by atoms with E-state index in [0.717, 1.165) is 33.1 Å². The van der Waals surface area contributed by atoms with Gasteiger partial charge in [-0.1, -0.05) is 97.1 Å². The highest BCUT2D eigenvalue weighted by molar-refractivity contribution is 6.26. The van der Waals surface area contributed by atoms with E-state index in [1.165, 1.54) is 48.6 Å². The fourth-order valence-electron chi connectivity index (χ4n) is 6.53. The summed E-state index contributed by atoms with van der Waals surface area (Å²) in [4.78, 5) is 0. The molecule has 0 aliphatic carbocycles. The van der Waals surface area contributed by atoms with Crippen molar-refractivity contribution >= 4 is 76.1 Å². The number of rotatable bonds is 1. The lowest BCUT2D eigenvalue weighted by Crippen LogP contribution is -1.95. The van der Waals surface area contributed by atoms with Gasteiger partial charge >= 0.3 is 0 Å². The lowest BCUT2D eigenvalue weighted by molar-refractivity contribution is 0.671. The van der Waals surface area contributed by atoms with Crippen LogP contribution in [0.25, 0.3) is 81.7 Å². The normalized spacial score (nSPS) is 12.2. The van der Waals surface area contributed by atoms with Gasteiger partial charge in [0, 0.05) is 27.2 Å². The van der Waals surface area contributed by atoms with Crippen LogP contribution in [0, 0.1) is 0 Å². The molecule has 2 aromatic heterocycles. The highest BCUT2D eigenvalue weighted by atomic mass is 16.3. The summed E-state index contributed by atoms with van der Waals surface area (Å²) < 4.78 is 8.94. The third-order valence-electron chi connectivity index (χ3n) is 8.17. The van der Waals surface area contributed by atoms with Crippen LogP contribution < -0.4 is 0 Å². The molecule has 0 amide bonds. The Morgan fingerprint density at radius 2 is 0.921 bits per heavy atom. The fraction of sp³-hybridized carbons (Fsp3) is 0. The van der Waals surface area contributed by atoms with Crippen molar-refractivity contribution in [3.05, 3.63) is 127 Å². The maximum absolute atomic E-state index is 6.55. The van der Waals surface area contributed by atoms with Crippen LogP contribution in [-0.4, -0.2) is 4.57 Å². The summed E-state index contributed by atoms with van der Waals surface area (Å²) >= 11 is 0. The third kappa shape index (κ3) is 2.51. The predicted octanol–water partition coefficient (Wildman–Crippen LogP) is 10.1. The molecule has 9 aromatic rings. The molecule has 176 valence electrons. The zero-order valence-electron chi connectivity index (χ0n) is 20.5. The summed E-state index contributed by atoms with van der Waals surface area (Å²) in [5.74, 6) is 0. The first-order valence-electron chi connectivity index (χ1n) is 13.0. The summed E-state index contributed by atoms with van der Waals surface area (Å²) in [5.41, 5.74) is 5.28. The molecule has 7 aromatic carbocycles. The minimum absolute atomic E-state index is 0.919. The van der Waals surface area contributed by atoms with E-state index in [-0.39, 0.29) is 0 Å². The average molecular weight is 484 g/mol. The van der Waals surface area contributed by atoms with E-state index >= 15 is 0 Å². The Kier molecular flexibility index (Phi) is 3.82. The van der Waals surface area contributed by atoms with Gasteiger partial charge in [-0.2, -0.15) is 0 Å². The van der Waals surface area contributed by atoms with E-state index in [2.05, 4.69) is 126 Å². The fourth-order valence-corrected chi connectivity index (χ4v) is 6.53. The molecule has 2 heteroatoms. The largest absolute Gasteiger partial charge is 0.454 e. The summed E-state index contributed by atoms with van der Waals surface area (Å²) in [7, 11) is 0. The first-order valence-corrected chi connectivity index (χ1v) is 13.0. The summed E-state index contributed by atoms with van der Waals surface area (Å²) in [5, 5.41) is 12.4. The van der Waals surface area contributed by atoms with E-state index in [4.69, 9.17) is 4.42 Å². The van der Waals surface area contributed by atoms with Crippen LogP contribution in [0.5, 0.6) is 0 Å². The molecular weight excluding hydrogens is 462 g/mol. The molecule has 9 rings (SSSR count). The van der Waals surface area contributed by atoms with Gasteiger partial charge in [0.15, 0.2) is 5.58 Å². The van der Waals surface area contributed by atoms with Crippen molar-refractivity contribution in [2.45, 2.75) is 0 Å². The molecule has 0 aliphatic rings. The van der Waals surface area contributed by atoms with E-state index in [1.807, 2.05) is 6.07 Å². The Morgan fingerprint density at radius 1 is 0.395 bits per heavy atom. The molecule has 0 radical (unpaired) electrons. The lowest BCUT2D eigenvalue weighted by Gasteiger charge is -2.13. The van der Waals surface area contributed by atoms with Gasteiger partial charge in [0.1, 0.15) is 5.58 Å². The van der Waals surface area contributed by atoms with Gasteiger partial charge in [-0.3, -0.25) is 0 Å². The van der Waals surface area contributed by atoms with Crippen LogP contribution in [0.1, 0.15) is 0 Å². The Bertz CT molecular complexity index is 2370. The van der Waals surface area contributed by atoms with Crippen molar-refractivity contribution in [1.29, 1.82) is 0 Å². The first kappa shape index (κ1) is 20.0. The Morgan fingerprint density at radius 3 is 1.66 bits per heavy atom. The van der Waals surface area contributed by atoms with Gasteiger partial charge in [0.05, 0.1) is 11.0 Å². The molecule has 0 atom stereocenters. The topological polar surface area (TPSA) is 18.1 Å². The smallest absolute Gasteiger partial charge is 0.160 e. The van der Waals surface area contributed by atoms with Crippen molar-refractivity contribution in [2.75, 3.05) is 0 Å². The molecule has 0 spiro atoms. The zero-order valence-corrected chi connectivity index (χ0v) is 20.5. The van der Waals surface area contributed by atoms with Gasteiger partial charge in [0.2, 0.25) is 0 Å². The zero-order chi connectivity index (χ0) is 24.8. The van der Waals surface area contributed by atoms with Crippen molar-refractivity contribution in [3.63, 3.8) is 0 Å². The molecule has 0 saturated heterocycles. The minimum atomic E-state index is 0.919. The number of furan rings is 1. The molecule has 0 N–H and O–H groups in total. The number of aromatic nitrogens is 1. The molecule has 0 fully saturated rings. The second-order valence-electron chi connectivity index (χ2n) is 10.1. The van der Waals surface area contributed by atoms with Crippen molar-refractivity contribution in [3.8, 4) is 5.69 Å². The van der Waals surface area contributed by atoms with Gasteiger partial charge in [0.25, 0.3) is 0 Å². The van der Waals surface area contributed by atoms with Crippen molar-refractivity contribution < 1.29 is 4.42 Å². The Hall–Kier alpha value is -5.08.